The minimum absolute atomic E-state index is 0.203. The summed E-state index contributed by atoms with van der Waals surface area (Å²) >= 11 is 1.60. The second-order valence-electron chi connectivity index (χ2n) is 3.50. The van der Waals surface area contributed by atoms with Gasteiger partial charge in [-0.25, -0.2) is 4.98 Å². The van der Waals surface area contributed by atoms with Gasteiger partial charge in [-0.05, 0) is 30.7 Å². The van der Waals surface area contributed by atoms with Crippen molar-refractivity contribution in [1.82, 2.24) is 4.98 Å². The van der Waals surface area contributed by atoms with Crippen LogP contribution in [-0.4, -0.2) is 21.8 Å². The second kappa shape index (κ2) is 5.09. The number of benzene rings is 1. The lowest BCUT2D eigenvalue weighted by Crippen LogP contribution is -1.88. The van der Waals surface area contributed by atoms with Gasteiger partial charge in [-0.2, -0.15) is 0 Å². The van der Waals surface area contributed by atoms with Crippen LogP contribution in [0.25, 0.3) is 11.3 Å². The van der Waals surface area contributed by atoms with E-state index in [0.717, 1.165) is 29.1 Å². The summed E-state index contributed by atoms with van der Waals surface area (Å²) in [6, 6.07) is 7.00. The Bertz CT molecular complexity index is 450. The average Bonchev–Trinajstić information content (AvgIpc) is 2.76. The number of phenols is 1. The molecule has 0 fully saturated rings. The van der Waals surface area contributed by atoms with E-state index in [2.05, 4.69) is 4.98 Å². The fraction of sp³-hybridized carbons (Fsp3) is 0.250. The monoisotopic (exact) mass is 235 g/mol. The fourth-order valence-corrected chi connectivity index (χ4v) is 2.27. The first-order chi connectivity index (χ1) is 7.79. The van der Waals surface area contributed by atoms with E-state index in [1.165, 1.54) is 0 Å². The number of aliphatic hydroxyl groups is 1. The van der Waals surface area contributed by atoms with Gasteiger partial charge in [0.15, 0.2) is 0 Å². The van der Waals surface area contributed by atoms with Crippen molar-refractivity contribution in [2.75, 3.05) is 6.61 Å². The molecule has 16 heavy (non-hydrogen) atoms. The van der Waals surface area contributed by atoms with Crippen molar-refractivity contribution >= 4 is 11.3 Å². The van der Waals surface area contributed by atoms with Crippen LogP contribution < -0.4 is 0 Å². The number of aromatic nitrogens is 1. The quantitative estimate of drug-likeness (QED) is 0.855. The number of aromatic hydroxyl groups is 1. The van der Waals surface area contributed by atoms with Crippen LogP contribution in [0.1, 0.15) is 11.4 Å². The molecule has 0 amide bonds. The molecule has 1 heterocycles. The molecule has 0 aliphatic rings. The minimum Gasteiger partial charge on any atom is -0.508 e. The van der Waals surface area contributed by atoms with Crippen molar-refractivity contribution < 1.29 is 10.2 Å². The van der Waals surface area contributed by atoms with Gasteiger partial charge in [0.2, 0.25) is 0 Å². The number of hydrogen-bond acceptors (Lipinski definition) is 4. The van der Waals surface area contributed by atoms with Gasteiger partial charge in [0, 0.05) is 24.0 Å². The smallest absolute Gasteiger partial charge is 0.115 e. The number of hydrogen-bond donors (Lipinski definition) is 2. The highest BCUT2D eigenvalue weighted by atomic mass is 32.1. The molecule has 2 N–H and O–H groups in total. The van der Waals surface area contributed by atoms with E-state index in [-0.39, 0.29) is 12.4 Å². The molecule has 4 heteroatoms. The zero-order valence-corrected chi connectivity index (χ0v) is 9.57. The summed E-state index contributed by atoms with van der Waals surface area (Å²) in [7, 11) is 0. The third-order valence-electron chi connectivity index (χ3n) is 2.26. The molecule has 0 atom stereocenters. The molecule has 0 saturated heterocycles. The summed E-state index contributed by atoms with van der Waals surface area (Å²) in [5.41, 5.74) is 1.93. The van der Waals surface area contributed by atoms with Crippen molar-refractivity contribution in [3.8, 4) is 17.0 Å². The number of thiazole rings is 1. The Morgan fingerprint density at radius 3 is 2.62 bits per heavy atom. The Hall–Kier alpha value is -1.39. The maximum atomic E-state index is 9.18. The Morgan fingerprint density at radius 2 is 1.94 bits per heavy atom. The van der Waals surface area contributed by atoms with Crippen molar-refractivity contribution in [3.05, 3.63) is 34.7 Å². The summed E-state index contributed by atoms with van der Waals surface area (Å²) in [5, 5.41) is 20.9. The van der Waals surface area contributed by atoms with Gasteiger partial charge in [-0.15, -0.1) is 11.3 Å². The molecule has 84 valence electrons. The Morgan fingerprint density at radius 1 is 1.19 bits per heavy atom. The Labute approximate surface area is 98.0 Å². The van der Waals surface area contributed by atoms with Gasteiger partial charge >= 0.3 is 0 Å². The zero-order chi connectivity index (χ0) is 11.4. The third-order valence-corrected chi connectivity index (χ3v) is 3.17. The summed E-state index contributed by atoms with van der Waals surface area (Å²) in [4.78, 5) is 4.47. The van der Waals surface area contributed by atoms with Crippen molar-refractivity contribution in [2.45, 2.75) is 12.8 Å². The van der Waals surface area contributed by atoms with Crippen LogP contribution in [0, 0.1) is 0 Å². The van der Waals surface area contributed by atoms with E-state index >= 15 is 0 Å². The Balaban J connectivity index is 2.15. The average molecular weight is 235 g/mol. The highest BCUT2D eigenvalue weighted by Gasteiger charge is 2.04. The normalized spacial score (nSPS) is 10.6. The standard InChI is InChI=1S/C12H13NO2S/c14-7-1-2-12-13-11(8-16-12)9-3-5-10(15)6-4-9/h3-6,8,14-15H,1-2,7H2. The molecule has 0 radical (unpaired) electrons. The lowest BCUT2D eigenvalue weighted by molar-refractivity contribution is 0.288. The first-order valence-electron chi connectivity index (χ1n) is 5.14. The van der Waals surface area contributed by atoms with Gasteiger partial charge in [0.25, 0.3) is 0 Å². The Kier molecular flexibility index (Phi) is 3.54. The van der Waals surface area contributed by atoms with Crippen LogP contribution in [0.3, 0.4) is 0 Å². The van der Waals surface area contributed by atoms with Crippen molar-refractivity contribution in [1.29, 1.82) is 0 Å². The number of phenolic OH excluding ortho intramolecular Hbond substituents is 1. The molecule has 0 saturated carbocycles. The predicted molar refractivity (Wildman–Crippen MR) is 64.6 cm³/mol. The molecule has 0 bridgehead atoms. The predicted octanol–water partition coefficient (Wildman–Crippen LogP) is 2.44. The number of aryl methyl sites for hydroxylation is 1. The van der Waals surface area contributed by atoms with Crippen LogP contribution in [0.15, 0.2) is 29.6 Å². The summed E-state index contributed by atoms with van der Waals surface area (Å²) in [6.07, 6.45) is 1.57. The highest BCUT2D eigenvalue weighted by molar-refractivity contribution is 7.09. The van der Waals surface area contributed by atoms with E-state index in [0.29, 0.717) is 0 Å². The maximum absolute atomic E-state index is 9.18. The first-order valence-corrected chi connectivity index (χ1v) is 6.02. The van der Waals surface area contributed by atoms with Crippen molar-refractivity contribution in [3.63, 3.8) is 0 Å². The zero-order valence-electron chi connectivity index (χ0n) is 8.76. The second-order valence-corrected chi connectivity index (χ2v) is 4.44. The van der Waals surface area contributed by atoms with Crippen LogP contribution in [0.5, 0.6) is 5.75 Å². The molecular formula is C12H13NO2S. The van der Waals surface area contributed by atoms with Gasteiger partial charge < -0.3 is 10.2 Å². The molecule has 2 rings (SSSR count). The van der Waals surface area contributed by atoms with Crippen LogP contribution >= 0.6 is 11.3 Å². The van der Waals surface area contributed by atoms with E-state index in [1.54, 1.807) is 23.5 Å². The third kappa shape index (κ3) is 2.59. The van der Waals surface area contributed by atoms with Gasteiger partial charge in [-0.3, -0.25) is 0 Å². The molecule has 0 unspecified atom stereocenters. The first kappa shape index (κ1) is 11.1. The molecule has 2 aromatic rings. The van der Waals surface area contributed by atoms with E-state index in [1.807, 2.05) is 17.5 Å². The van der Waals surface area contributed by atoms with E-state index in [9.17, 15) is 5.11 Å². The summed E-state index contributed by atoms with van der Waals surface area (Å²) in [5.74, 6) is 0.263. The van der Waals surface area contributed by atoms with Crippen LogP contribution in [0.2, 0.25) is 0 Å². The molecular weight excluding hydrogens is 222 g/mol. The van der Waals surface area contributed by atoms with Crippen LogP contribution in [0.4, 0.5) is 0 Å². The minimum atomic E-state index is 0.203. The van der Waals surface area contributed by atoms with Gasteiger partial charge in [0.05, 0.1) is 10.7 Å². The molecule has 1 aromatic carbocycles. The van der Waals surface area contributed by atoms with Gasteiger partial charge in [-0.1, -0.05) is 0 Å². The fourth-order valence-electron chi connectivity index (χ4n) is 1.42. The topological polar surface area (TPSA) is 53.4 Å². The number of nitrogens with zero attached hydrogens (tertiary/aromatic N) is 1. The van der Waals surface area contributed by atoms with E-state index < -0.39 is 0 Å². The number of aliphatic hydroxyl groups excluding tert-OH is 1. The molecule has 3 nitrogen and oxygen atoms in total. The van der Waals surface area contributed by atoms with Crippen molar-refractivity contribution in [2.24, 2.45) is 0 Å². The molecule has 0 aliphatic heterocycles. The lowest BCUT2D eigenvalue weighted by Gasteiger charge is -1.96. The highest BCUT2D eigenvalue weighted by Crippen LogP contribution is 2.24. The summed E-state index contributed by atoms with van der Waals surface area (Å²) < 4.78 is 0. The van der Waals surface area contributed by atoms with E-state index in [4.69, 9.17) is 5.11 Å². The lowest BCUT2D eigenvalue weighted by atomic mass is 10.2. The number of rotatable bonds is 4. The molecule has 1 aromatic heterocycles. The van der Waals surface area contributed by atoms with Crippen LogP contribution in [-0.2, 0) is 6.42 Å². The van der Waals surface area contributed by atoms with Gasteiger partial charge in [0.1, 0.15) is 5.75 Å². The SMILES string of the molecule is OCCCc1nc(-c2ccc(O)cc2)cs1. The molecule has 0 aliphatic carbocycles. The summed E-state index contributed by atoms with van der Waals surface area (Å²) in [6.45, 7) is 0.203. The largest absolute Gasteiger partial charge is 0.508 e. The molecule has 0 spiro atoms. The maximum Gasteiger partial charge on any atom is 0.115 e.